The standard InChI is InChI=1S/C21H27NO4S/c1-5-27(24,25)26-19-12-10-18(11-13-19)15-22(14-16(2)3)21(23)20-9-7-6-8-17(20)4/h6-13,16H,5,14-15H2,1-4H3. The molecule has 0 radical (unpaired) electrons. The van der Waals surface area contributed by atoms with E-state index in [0.29, 0.717) is 24.6 Å². The van der Waals surface area contributed by atoms with Crippen LogP contribution in [0.5, 0.6) is 5.75 Å². The molecule has 2 rings (SSSR count). The van der Waals surface area contributed by atoms with Crippen LogP contribution < -0.4 is 4.18 Å². The summed E-state index contributed by atoms with van der Waals surface area (Å²) in [6, 6.07) is 14.4. The Morgan fingerprint density at radius 1 is 1.07 bits per heavy atom. The van der Waals surface area contributed by atoms with Gasteiger partial charge in [-0.05, 0) is 49.1 Å². The van der Waals surface area contributed by atoms with Gasteiger partial charge in [-0.15, -0.1) is 0 Å². The fourth-order valence-corrected chi connectivity index (χ4v) is 3.24. The third kappa shape index (κ3) is 6.10. The van der Waals surface area contributed by atoms with Gasteiger partial charge in [-0.25, -0.2) is 0 Å². The van der Waals surface area contributed by atoms with Gasteiger partial charge in [-0.1, -0.05) is 44.2 Å². The van der Waals surface area contributed by atoms with Crippen molar-refractivity contribution < 1.29 is 17.4 Å². The molecule has 0 N–H and O–H groups in total. The van der Waals surface area contributed by atoms with Gasteiger partial charge >= 0.3 is 10.1 Å². The topological polar surface area (TPSA) is 63.7 Å². The van der Waals surface area contributed by atoms with Crippen LogP contribution in [-0.4, -0.2) is 31.5 Å². The van der Waals surface area contributed by atoms with Gasteiger partial charge in [0, 0.05) is 18.7 Å². The summed E-state index contributed by atoms with van der Waals surface area (Å²) in [6.45, 7) is 8.70. The third-order valence-electron chi connectivity index (χ3n) is 4.12. The minimum Gasteiger partial charge on any atom is -0.382 e. The lowest BCUT2D eigenvalue weighted by molar-refractivity contribution is 0.0722. The largest absolute Gasteiger partial charge is 0.382 e. The molecule has 0 aromatic heterocycles. The van der Waals surface area contributed by atoms with E-state index in [1.54, 1.807) is 24.3 Å². The first-order chi connectivity index (χ1) is 12.7. The Balaban J connectivity index is 2.19. The smallest absolute Gasteiger partial charge is 0.308 e. The molecule has 27 heavy (non-hydrogen) atoms. The van der Waals surface area contributed by atoms with Crippen molar-refractivity contribution >= 4 is 16.0 Å². The summed E-state index contributed by atoms with van der Waals surface area (Å²) in [5, 5.41) is 0. The zero-order valence-corrected chi connectivity index (χ0v) is 17.1. The molecule has 2 aromatic rings. The van der Waals surface area contributed by atoms with Crippen LogP contribution in [0.3, 0.4) is 0 Å². The second-order valence-electron chi connectivity index (χ2n) is 6.97. The molecule has 2 aromatic carbocycles. The van der Waals surface area contributed by atoms with Crippen molar-refractivity contribution in [1.29, 1.82) is 0 Å². The first-order valence-corrected chi connectivity index (χ1v) is 10.7. The number of hydrogen-bond donors (Lipinski definition) is 0. The molecule has 0 unspecified atom stereocenters. The Kier molecular flexibility index (Phi) is 7.02. The summed E-state index contributed by atoms with van der Waals surface area (Å²) < 4.78 is 28.1. The summed E-state index contributed by atoms with van der Waals surface area (Å²) >= 11 is 0. The molecule has 0 atom stereocenters. The molecular weight excluding hydrogens is 362 g/mol. The number of rotatable bonds is 8. The van der Waals surface area contributed by atoms with Crippen LogP contribution in [0.4, 0.5) is 0 Å². The van der Waals surface area contributed by atoms with Crippen molar-refractivity contribution in [2.75, 3.05) is 12.3 Å². The average molecular weight is 390 g/mol. The minimum absolute atomic E-state index is 0.00399. The van der Waals surface area contributed by atoms with Gasteiger partial charge in [0.05, 0.1) is 5.75 Å². The lowest BCUT2D eigenvalue weighted by Crippen LogP contribution is -2.34. The monoisotopic (exact) mass is 389 g/mol. The molecular formula is C21H27NO4S. The minimum atomic E-state index is -3.54. The van der Waals surface area contributed by atoms with Gasteiger partial charge in [0.25, 0.3) is 5.91 Å². The highest BCUT2D eigenvalue weighted by atomic mass is 32.2. The van der Waals surface area contributed by atoms with Gasteiger partial charge in [-0.3, -0.25) is 4.79 Å². The van der Waals surface area contributed by atoms with Crippen LogP contribution in [0, 0.1) is 12.8 Å². The molecule has 0 spiro atoms. The van der Waals surface area contributed by atoms with Crippen LogP contribution >= 0.6 is 0 Å². The molecule has 1 amide bonds. The summed E-state index contributed by atoms with van der Waals surface area (Å²) in [5.41, 5.74) is 2.57. The second kappa shape index (κ2) is 9.04. The number of amides is 1. The van der Waals surface area contributed by atoms with Gasteiger partial charge in [-0.2, -0.15) is 8.42 Å². The van der Waals surface area contributed by atoms with Crippen molar-refractivity contribution in [3.05, 3.63) is 65.2 Å². The normalized spacial score (nSPS) is 11.4. The van der Waals surface area contributed by atoms with Crippen LogP contribution in [0.2, 0.25) is 0 Å². The Labute approximate surface area is 162 Å². The van der Waals surface area contributed by atoms with E-state index in [2.05, 4.69) is 13.8 Å². The van der Waals surface area contributed by atoms with Gasteiger partial charge in [0.15, 0.2) is 0 Å². The quantitative estimate of drug-likeness (QED) is 0.640. The van der Waals surface area contributed by atoms with Crippen molar-refractivity contribution in [2.45, 2.75) is 34.2 Å². The molecule has 0 aliphatic heterocycles. The highest BCUT2D eigenvalue weighted by molar-refractivity contribution is 7.87. The first-order valence-electron chi connectivity index (χ1n) is 9.08. The van der Waals surface area contributed by atoms with E-state index in [0.717, 1.165) is 11.1 Å². The van der Waals surface area contributed by atoms with E-state index in [9.17, 15) is 13.2 Å². The van der Waals surface area contributed by atoms with E-state index in [1.165, 1.54) is 6.92 Å². The summed E-state index contributed by atoms with van der Waals surface area (Å²) in [5.74, 6) is 0.522. The number of carbonyl (C=O) groups excluding carboxylic acids is 1. The fourth-order valence-electron chi connectivity index (χ4n) is 2.72. The third-order valence-corrected chi connectivity index (χ3v) is 5.28. The molecule has 0 heterocycles. The molecule has 5 nitrogen and oxygen atoms in total. The van der Waals surface area contributed by atoms with E-state index in [1.807, 2.05) is 36.1 Å². The van der Waals surface area contributed by atoms with Crippen molar-refractivity contribution in [3.63, 3.8) is 0 Å². The van der Waals surface area contributed by atoms with E-state index in [-0.39, 0.29) is 17.4 Å². The Bertz CT molecular complexity index is 873. The SMILES string of the molecule is CCS(=O)(=O)Oc1ccc(CN(CC(C)C)C(=O)c2ccccc2C)cc1. The number of carbonyl (C=O) groups is 1. The molecule has 0 saturated carbocycles. The van der Waals surface area contributed by atoms with Gasteiger partial charge < -0.3 is 9.08 Å². The summed E-state index contributed by atoms with van der Waals surface area (Å²) in [6.07, 6.45) is 0. The van der Waals surface area contributed by atoms with E-state index in [4.69, 9.17) is 4.18 Å². The summed E-state index contributed by atoms with van der Waals surface area (Å²) in [4.78, 5) is 14.8. The molecule has 0 aliphatic rings. The number of benzene rings is 2. The highest BCUT2D eigenvalue weighted by Crippen LogP contribution is 2.18. The zero-order valence-electron chi connectivity index (χ0n) is 16.3. The Morgan fingerprint density at radius 2 is 1.70 bits per heavy atom. The van der Waals surface area contributed by atoms with E-state index < -0.39 is 10.1 Å². The maximum atomic E-state index is 13.0. The first kappa shape index (κ1) is 21.0. The maximum Gasteiger partial charge on any atom is 0.308 e. The average Bonchev–Trinajstić information content (AvgIpc) is 2.62. The van der Waals surface area contributed by atoms with Crippen LogP contribution in [0.15, 0.2) is 48.5 Å². The predicted molar refractivity (Wildman–Crippen MR) is 107 cm³/mol. The van der Waals surface area contributed by atoms with Gasteiger partial charge in [0.2, 0.25) is 0 Å². The Hall–Kier alpha value is -2.34. The van der Waals surface area contributed by atoms with E-state index >= 15 is 0 Å². The number of aryl methyl sites for hydroxylation is 1. The predicted octanol–water partition coefficient (Wildman–Crippen LogP) is 4.02. The second-order valence-corrected chi connectivity index (χ2v) is 8.83. The molecule has 0 fully saturated rings. The van der Waals surface area contributed by atoms with Crippen LogP contribution in [0.1, 0.15) is 42.3 Å². The zero-order chi connectivity index (χ0) is 20.0. The number of hydrogen-bond acceptors (Lipinski definition) is 4. The van der Waals surface area contributed by atoms with Crippen LogP contribution in [0.25, 0.3) is 0 Å². The fraction of sp³-hybridized carbons (Fsp3) is 0.381. The maximum absolute atomic E-state index is 13.0. The number of nitrogens with zero attached hydrogens (tertiary/aromatic N) is 1. The molecule has 146 valence electrons. The van der Waals surface area contributed by atoms with Crippen LogP contribution in [-0.2, 0) is 16.7 Å². The molecule has 6 heteroatoms. The van der Waals surface area contributed by atoms with Gasteiger partial charge in [0.1, 0.15) is 5.75 Å². The highest BCUT2D eigenvalue weighted by Gasteiger charge is 2.19. The Morgan fingerprint density at radius 3 is 2.26 bits per heavy atom. The molecule has 0 aliphatic carbocycles. The lowest BCUT2D eigenvalue weighted by Gasteiger charge is -2.25. The summed E-state index contributed by atoms with van der Waals surface area (Å²) in [7, 11) is -3.54. The van der Waals surface area contributed by atoms with Crippen molar-refractivity contribution in [1.82, 2.24) is 4.90 Å². The van der Waals surface area contributed by atoms with Crippen molar-refractivity contribution in [2.24, 2.45) is 5.92 Å². The lowest BCUT2D eigenvalue weighted by atomic mass is 10.1. The molecule has 0 bridgehead atoms. The van der Waals surface area contributed by atoms with Crippen molar-refractivity contribution in [3.8, 4) is 5.75 Å². The molecule has 0 saturated heterocycles.